The lowest BCUT2D eigenvalue weighted by atomic mass is 10.2. The summed E-state index contributed by atoms with van der Waals surface area (Å²) in [5.41, 5.74) is 0.742. The summed E-state index contributed by atoms with van der Waals surface area (Å²) in [7, 11) is -2.11. The quantitative estimate of drug-likeness (QED) is 0.782. The summed E-state index contributed by atoms with van der Waals surface area (Å²) in [6.07, 6.45) is 0. The molecule has 0 amide bonds. The fourth-order valence-electron chi connectivity index (χ4n) is 2.13. The average molecular weight is 392 g/mol. The Morgan fingerprint density at radius 1 is 1.43 bits per heavy atom. The van der Waals surface area contributed by atoms with Gasteiger partial charge >= 0.3 is 0 Å². The number of fused-ring (bicyclic) bond motifs is 1. The van der Waals surface area contributed by atoms with Crippen molar-refractivity contribution in [1.29, 1.82) is 0 Å². The summed E-state index contributed by atoms with van der Waals surface area (Å²) < 4.78 is 44.0. The van der Waals surface area contributed by atoms with Gasteiger partial charge in [0.05, 0.1) is 5.69 Å². The molecule has 5 nitrogen and oxygen atoms in total. The van der Waals surface area contributed by atoms with Crippen molar-refractivity contribution < 1.29 is 12.8 Å². The van der Waals surface area contributed by atoms with Crippen LogP contribution in [0.15, 0.2) is 32.5 Å². The molecule has 0 bridgehead atoms. The van der Waals surface area contributed by atoms with Gasteiger partial charge in [0.2, 0.25) is 0 Å². The number of benzene rings is 1. The molecule has 0 radical (unpaired) electrons. The number of hydrogen-bond acceptors (Lipinski definition) is 5. The third kappa shape index (κ3) is 3.15. The van der Waals surface area contributed by atoms with E-state index in [1.165, 1.54) is 28.6 Å². The fourth-order valence-corrected chi connectivity index (χ4v) is 6.67. The Balaban J connectivity index is 1.89. The normalized spacial score (nSPS) is 16.1. The molecule has 0 saturated heterocycles. The van der Waals surface area contributed by atoms with Gasteiger partial charge < -0.3 is 0 Å². The van der Waals surface area contributed by atoms with Crippen LogP contribution in [0.4, 0.5) is 4.39 Å². The van der Waals surface area contributed by atoms with E-state index >= 15 is 0 Å². The standard InChI is InChI=1S/C13H11ClFN3O2S3/c1-7-11-12(18(2)16-7)22-13(17-23(11,19)20)21-6-8-9(14)4-3-5-10(8)15/h3-5H,6H2,1-2H3. The maximum atomic E-state index is 13.8. The van der Waals surface area contributed by atoms with E-state index in [1.54, 1.807) is 20.0 Å². The highest BCUT2D eigenvalue weighted by Crippen LogP contribution is 2.40. The Morgan fingerprint density at radius 2 is 2.17 bits per heavy atom. The SMILES string of the molecule is Cc1nn(C)c2c1S(=O)(=O)N=C(SCc1c(F)cccc1Cl)S2. The zero-order valence-electron chi connectivity index (χ0n) is 12.1. The molecule has 0 saturated carbocycles. The van der Waals surface area contributed by atoms with E-state index in [-0.39, 0.29) is 10.6 Å². The van der Waals surface area contributed by atoms with Gasteiger partial charge in [0.1, 0.15) is 20.1 Å². The number of sulfonamides is 1. The number of aromatic nitrogens is 2. The number of halogens is 2. The van der Waals surface area contributed by atoms with Gasteiger partial charge in [-0.1, -0.05) is 29.4 Å². The van der Waals surface area contributed by atoms with Crippen LogP contribution in [0.3, 0.4) is 0 Å². The molecular weight excluding hydrogens is 381 g/mol. The van der Waals surface area contributed by atoms with Gasteiger partial charge in [-0.3, -0.25) is 4.68 Å². The summed E-state index contributed by atoms with van der Waals surface area (Å²) in [6.45, 7) is 1.63. The van der Waals surface area contributed by atoms with Crippen molar-refractivity contribution in [2.24, 2.45) is 11.4 Å². The zero-order chi connectivity index (χ0) is 16.8. The maximum Gasteiger partial charge on any atom is 0.288 e. The summed E-state index contributed by atoms with van der Waals surface area (Å²) in [5, 5.41) is 4.94. The number of hydrogen-bond donors (Lipinski definition) is 0. The van der Waals surface area contributed by atoms with E-state index in [9.17, 15) is 12.8 Å². The second-order valence-corrected chi connectivity index (χ2v) is 8.91. The molecule has 3 rings (SSSR count). The number of nitrogens with zero attached hydrogens (tertiary/aromatic N) is 3. The number of thioether (sulfide) groups is 2. The highest BCUT2D eigenvalue weighted by Gasteiger charge is 2.32. The predicted molar refractivity (Wildman–Crippen MR) is 91.1 cm³/mol. The van der Waals surface area contributed by atoms with Crippen molar-refractivity contribution in [1.82, 2.24) is 9.78 Å². The third-order valence-electron chi connectivity index (χ3n) is 3.16. The van der Waals surface area contributed by atoms with Crippen molar-refractivity contribution in [2.75, 3.05) is 0 Å². The molecule has 0 fully saturated rings. The summed E-state index contributed by atoms with van der Waals surface area (Å²) in [6, 6.07) is 4.43. The fraction of sp³-hybridized carbons (Fsp3) is 0.231. The highest BCUT2D eigenvalue weighted by molar-refractivity contribution is 8.39. The van der Waals surface area contributed by atoms with Gasteiger partial charge in [0, 0.05) is 23.4 Å². The molecule has 1 aromatic carbocycles. The molecule has 122 valence electrons. The molecule has 2 heterocycles. The van der Waals surface area contributed by atoms with Crippen LogP contribution in [0.25, 0.3) is 0 Å². The molecular formula is C13H11ClFN3O2S3. The second-order valence-electron chi connectivity index (χ2n) is 4.77. The van der Waals surface area contributed by atoms with Crippen LogP contribution in [0.2, 0.25) is 5.02 Å². The molecule has 1 aliphatic rings. The molecule has 1 aliphatic heterocycles. The van der Waals surface area contributed by atoms with Crippen LogP contribution in [0.5, 0.6) is 0 Å². The summed E-state index contributed by atoms with van der Waals surface area (Å²) in [5.74, 6) is -0.231. The summed E-state index contributed by atoms with van der Waals surface area (Å²) >= 11 is 8.32. The van der Waals surface area contributed by atoms with Crippen molar-refractivity contribution in [3.63, 3.8) is 0 Å². The van der Waals surface area contributed by atoms with Crippen LogP contribution in [-0.4, -0.2) is 22.6 Å². The lowest BCUT2D eigenvalue weighted by Gasteiger charge is -2.13. The van der Waals surface area contributed by atoms with Crippen LogP contribution in [-0.2, 0) is 22.8 Å². The first-order valence-electron chi connectivity index (χ1n) is 6.41. The van der Waals surface area contributed by atoms with Crippen molar-refractivity contribution >= 4 is 49.5 Å². The predicted octanol–water partition coefficient (Wildman–Crippen LogP) is 3.60. The van der Waals surface area contributed by atoms with E-state index in [1.807, 2.05) is 0 Å². The van der Waals surface area contributed by atoms with E-state index in [0.717, 1.165) is 11.8 Å². The lowest BCUT2D eigenvalue weighted by Crippen LogP contribution is -2.09. The van der Waals surface area contributed by atoms with Crippen LogP contribution in [0, 0.1) is 12.7 Å². The lowest BCUT2D eigenvalue weighted by molar-refractivity contribution is 0.593. The van der Waals surface area contributed by atoms with Gasteiger partial charge in [-0.2, -0.15) is 13.5 Å². The smallest absolute Gasteiger partial charge is 0.260 e. The van der Waals surface area contributed by atoms with Crippen molar-refractivity contribution in [2.45, 2.75) is 22.6 Å². The first kappa shape index (κ1) is 16.8. The zero-order valence-corrected chi connectivity index (χ0v) is 15.3. The van der Waals surface area contributed by atoms with Gasteiger partial charge in [0.15, 0.2) is 0 Å². The van der Waals surface area contributed by atoms with E-state index in [2.05, 4.69) is 9.50 Å². The topological polar surface area (TPSA) is 64.3 Å². The highest BCUT2D eigenvalue weighted by atomic mass is 35.5. The van der Waals surface area contributed by atoms with Crippen molar-refractivity contribution in [3.8, 4) is 0 Å². The van der Waals surface area contributed by atoms with Gasteiger partial charge in [-0.25, -0.2) is 4.39 Å². The first-order chi connectivity index (χ1) is 10.8. The largest absolute Gasteiger partial charge is 0.288 e. The Kier molecular flexibility index (Phi) is 4.47. The number of aryl methyl sites for hydroxylation is 2. The molecule has 0 atom stereocenters. The average Bonchev–Trinajstić information content (AvgIpc) is 2.73. The molecule has 0 spiro atoms. The Labute approximate surface area is 146 Å². The maximum absolute atomic E-state index is 13.8. The molecule has 23 heavy (non-hydrogen) atoms. The molecule has 0 N–H and O–H groups in total. The van der Waals surface area contributed by atoms with Crippen LogP contribution < -0.4 is 0 Å². The van der Waals surface area contributed by atoms with Gasteiger partial charge in [0.25, 0.3) is 10.0 Å². The van der Waals surface area contributed by atoms with Gasteiger partial charge in [-0.15, -0.1) is 4.40 Å². The van der Waals surface area contributed by atoms with Crippen molar-refractivity contribution in [3.05, 3.63) is 40.3 Å². The van der Waals surface area contributed by atoms with E-state index in [4.69, 9.17) is 11.6 Å². The van der Waals surface area contributed by atoms with E-state index < -0.39 is 15.8 Å². The molecule has 0 aliphatic carbocycles. The minimum atomic E-state index is -3.79. The Morgan fingerprint density at radius 3 is 2.87 bits per heavy atom. The van der Waals surface area contributed by atoms with Gasteiger partial charge in [-0.05, 0) is 30.8 Å². The Hall–Kier alpha value is -1.03. The molecule has 2 aromatic rings. The minimum Gasteiger partial charge on any atom is -0.260 e. The van der Waals surface area contributed by atoms with Crippen LogP contribution in [0.1, 0.15) is 11.3 Å². The second kappa shape index (κ2) is 6.12. The minimum absolute atomic E-state index is 0.137. The Bertz CT molecular complexity index is 905. The number of rotatable bonds is 2. The first-order valence-corrected chi connectivity index (χ1v) is 10.0. The third-order valence-corrected chi connectivity index (χ3v) is 7.60. The molecule has 10 heteroatoms. The van der Waals surface area contributed by atoms with E-state index in [0.29, 0.717) is 25.7 Å². The molecule has 1 aromatic heterocycles. The van der Waals surface area contributed by atoms with Crippen LogP contribution >= 0.6 is 35.1 Å². The summed E-state index contributed by atoms with van der Waals surface area (Å²) in [4.78, 5) is 0.137. The monoisotopic (exact) mass is 391 g/mol. The molecule has 0 unspecified atom stereocenters.